The summed E-state index contributed by atoms with van der Waals surface area (Å²) >= 11 is 6.24. The molecule has 0 saturated heterocycles. The summed E-state index contributed by atoms with van der Waals surface area (Å²) in [6.45, 7) is 0.432. The SMILES string of the molecule is O=[N+]([O-])c1ccc2c(c1)[C@H]1[C@H]3CC[C@H](C3)[C@H]1[C@H](c1ccc(OCc3ccccc3Cl)cc1)N2. The number of ether oxygens (including phenoxy) is 1. The Kier molecular flexibility index (Phi) is 5.02. The van der Waals surface area contributed by atoms with Crippen molar-refractivity contribution in [2.24, 2.45) is 17.8 Å². The maximum atomic E-state index is 11.4. The van der Waals surface area contributed by atoms with Gasteiger partial charge in [-0.05, 0) is 78.3 Å². The molecule has 0 amide bonds. The molecule has 168 valence electrons. The molecule has 3 aromatic carbocycles. The molecule has 2 fully saturated rings. The minimum Gasteiger partial charge on any atom is -0.489 e. The number of nitrogens with one attached hydrogen (secondary N) is 1. The second-order valence-electron chi connectivity index (χ2n) is 9.54. The Balaban J connectivity index is 1.27. The molecule has 5 atom stereocenters. The summed E-state index contributed by atoms with van der Waals surface area (Å²) in [5, 5.41) is 15.8. The average Bonchev–Trinajstić information content (AvgIpc) is 3.46. The molecule has 3 aliphatic rings. The Morgan fingerprint density at radius 3 is 2.61 bits per heavy atom. The van der Waals surface area contributed by atoms with E-state index in [-0.39, 0.29) is 16.7 Å². The highest BCUT2D eigenvalue weighted by molar-refractivity contribution is 6.31. The molecule has 2 aliphatic carbocycles. The second-order valence-corrected chi connectivity index (χ2v) is 9.94. The van der Waals surface area contributed by atoms with Gasteiger partial charge in [0.1, 0.15) is 12.4 Å². The van der Waals surface area contributed by atoms with Crippen molar-refractivity contribution >= 4 is 23.0 Å². The summed E-state index contributed by atoms with van der Waals surface area (Å²) in [6.07, 6.45) is 3.72. The lowest BCUT2D eigenvalue weighted by atomic mass is 9.68. The van der Waals surface area contributed by atoms with Crippen molar-refractivity contribution in [3.63, 3.8) is 0 Å². The van der Waals surface area contributed by atoms with E-state index in [1.807, 2.05) is 48.5 Å². The highest BCUT2D eigenvalue weighted by atomic mass is 35.5. The van der Waals surface area contributed by atoms with Gasteiger partial charge >= 0.3 is 0 Å². The summed E-state index contributed by atoms with van der Waals surface area (Å²) in [6, 6.07) is 21.6. The van der Waals surface area contributed by atoms with Crippen LogP contribution in [0.4, 0.5) is 11.4 Å². The van der Waals surface area contributed by atoms with Crippen molar-refractivity contribution in [3.8, 4) is 5.75 Å². The molecular formula is C27H25ClN2O3. The van der Waals surface area contributed by atoms with Gasteiger partial charge in [0, 0.05) is 28.4 Å². The second kappa shape index (κ2) is 8.07. The van der Waals surface area contributed by atoms with E-state index >= 15 is 0 Å². The third-order valence-corrected chi connectivity index (χ3v) is 8.24. The van der Waals surface area contributed by atoms with Crippen LogP contribution in [0.5, 0.6) is 5.75 Å². The van der Waals surface area contributed by atoms with Crippen molar-refractivity contribution in [2.45, 2.75) is 37.8 Å². The lowest BCUT2D eigenvalue weighted by molar-refractivity contribution is -0.384. The van der Waals surface area contributed by atoms with E-state index in [2.05, 4.69) is 17.4 Å². The Morgan fingerprint density at radius 2 is 1.82 bits per heavy atom. The minimum absolute atomic E-state index is 0.190. The van der Waals surface area contributed by atoms with Crippen LogP contribution in [0.25, 0.3) is 0 Å². The fourth-order valence-corrected chi connectivity index (χ4v) is 6.66. The summed E-state index contributed by atoms with van der Waals surface area (Å²) in [5.74, 6) is 2.97. The predicted molar refractivity (Wildman–Crippen MR) is 129 cm³/mol. The number of fused-ring (bicyclic) bond motifs is 7. The van der Waals surface area contributed by atoms with E-state index in [9.17, 15) is 10.1 Å². The third-order valence-electron chi connectivity index (χ3n) is 7.87. The van der Waals surface area contributed by atoms with E-state index in [1.165, 1.54) is 24.8 Å². The molecule has 0 radical (unpaired) electrons. The first kappa shape index (κ1) is 20.5. The van der Waals surface area contributed by atoms with Crippen LogP contribution < -0.4 is 10.1 Å². The van der Waals surface area contributed by atoms with Crippen LogP contribution in [-0.2, 0) is 6.61 Å². The van der Waals surface area contributed by atoms with E-state index in [1.54, 1.807) is 6.07 Å². The summed E-state index contributed by atoms with van der Waals surface area (Å²) < 4.78 is 5.97. The van der Waals surface area contributed by atoms with E-state index in [4.69, 9.17) is 16.3 Å². The van der Waals surface area contributed by atoms with Gasteiger partial charge in [0.05, 0.1) is 11.0 Å². The predicted octanol–water partition coefficient (Wildman–Crippen LogP) is 7.12. The van der Waals surface area contributed by atoms with Gasteiger partial charge in [-0.2, -0.15) is 0 Å². The van der Waals surface area contributed by atoms with Crippen LogP contribution in [0, 0.1) is 27.9 Å². The molecule has 5 nitrogen and oxygen atoms in total. The summed E-state index contributed by atoms with van der Waals surface area (Å²) in [4.78, 5) is 11.1. The molecular weight excluding hydrogens is 436 g/mol. The van der Waals surface area contributed by atoms with Gasteiger partial charge in [-0.3, -0.25) is 10.1 Å². The lowest BCUT2D eigenvalue weighted by Gasteiger charge is -2.43. The van der Waals surface area contributed by atoms with Crippen LogP contribution in [0.2, 0.25) is 5.02 Å². The molecule has 6 heteroatoms. The highest BCUT2D eigenvalue weighted by Gasteiger charge is 2.54. The number of anilines is 1. The van der Waals surface area contributed by atoms with E-state index in [0.29, 0.717) is 35.3 Å². The van der Waals surface area contributed by atoms with E-state index < -0.39 is 0 Å². The Morgan fingerprint density at radius 1 is 1.03 bits per heavy atom. The first-order valence-corrected chi connectivity index (χ1v) is 12.0. The van der Waals surface area contributed by atoms with Crippen LogP contribution in [0.1, 0.15) is 47.9 Å². The van der Waals surface area contributed by atoms with Crippen molar-refractivity contribution < 1.29 is 9.66 Å². The van der Waals surface area contributed by atoms with Gasteiger partial charge in [0.2, 0.25) is 0 Å². The molecule has 2 bridgehead atoms. The fourth-order valence-electron chi connectivity index (χ4n) is 6.46. The minimum atomic E-state index is -0.282. The Bertz CT molecular complexity index is 1210. The van der Waals surface area contributed by atoms with Crippen LogP contribution in [0.15, 0.2) is 66.7 Å². The standard InChI is InChI=1S/C27H25ClN2O3/c28-23-4-2-1-3-19(23)15-33-21-10-7-16(8-11-21)27-26-18-6-5-17(13-18)25(26)22-14-20(30(31)32)9-12-24(22)29-27/h1-4,7-12,14,17-18,25-27,29H,5-6,13,15H2/t17-,18+,25+,26+,27-/m0/s1. The van der Waals surface area contributed by atoms with Gasteiger partial charge < -0.3 is 10.1 Å². The van der Waals surface area contributed by atoms with Crippen LogP contribution >= 0.6 is 11.6 Å². The first-order chi connectivity index (χ1) is 16.1. The van der Waals surface area contributed by atoms with Crippen LogP contribution in [0.3, 0.4) is 0 Å². The molecule has 2 saturated carbocycles. The number of nitrogens with zero attached hydrogens (tertiary/aromatic N) is 1. The molecule has 0 spiro atoms. The van der Waals surface area contributed by atoms with Gasteiger partial charge in [-0.15, -0.1) is 0 Å². The fraction of sp³-hybridized carbons (Fsp3) is 0.333. The summed E-state index contributed by atoms with van der Waals surface area (Å²) in [7, 11) is 0. The van der Waals surface area contributed by atoms with E-state index in [0.717, 1.165) is 22.6 Å². The van der Waals surface area contributed by atoms with Gasteiger partial charge in [0.25, 0.3) is 5.69 Å². The summed E-state index contributed by atoms with van der Waals surface area (Å²) in [5.41, 5.74) is 4.57. The van der Waals surface area contributed by atoms with Gasteiger partial charge in [0.15, 0.2) is 0 Å². The van der Waals surface area contributed by atoms with Gasteiger partial charge in [-0.1, -0.05) is 41.9 Å². The third kappa shape index (κ3) is 3.55. The number of halogens is 1. The molecule has 3 aromatic rings. The lowest BCUT2D eigenvalue weighted by Crippen LogP contribution is -2.35. The number of nitro groups is 1. The zero-order chi connectivity index (χ0) is 22.5. The maximum Gasteiger partial charge on any atom is 0.269 e. The molecule has 6 rings (SSSR count). The highest BCUT2D eigenvalue weighted by Crippen LogP contribution is 2.63. The Labute approximate surface area is 197 Å². The molecule has 0 unspecified atom stereocenters. The quantitative estimate of drug-likeness (QED) is 0.325. The number of nitro benzene ring substituents is 1. The zero-order valence-corrected chi connectivity index (χ0v) is 18.9. The molecule has 1 heterocycles. The maximum absolute atomic E-state index is 11.4. The van der Waals surface area contributed by atoms with Crippen molar-refractivity contribution in [3.05, 3.63) is 98.6 Å². The van der Waals surface area contributed by atoms with Crippen molar-refractivity contribution in [1.29, 1.82) is 0 Å². The number of rotatable bonds is 5. The van der Waals surface area contributed by atoms with Crippen molar-refractivity contribution in [2.75, 3.05) is 5.32 Å². The molecule has 33 heavy (non-hydrogen) atoms. The average molecular weight is 461 g/mol. The smallest absolute Gasteiger partial charge is 0.269 e. The van der Waals surface area contributed by atoms with Gasteiger partial charge in [-0.25, -0.2) is 0 Å². The number of hydrogen-bond acceptors (Lipinski definition) is 4. The Hall–Kier alpha value is -3.05. The molecule has 1 aliphatic heterocycles. The molecule has 1 N–H and O–H groups in total. The normalized spacial score (nSPS) is 26.9. The number of non-ortho nitro benzene ring substituents is 1. The monoisotopic (exact) mass is 460 g/mol. The van der Waals surface area contributed by atoms with Crippen LogP contribution in [-0.4, -0.2) is 4.92 Å². The van der Waals surface area contributed by atoms with Crippen molar-refractivity contribution in [1.82, 2.24) is 0 Å². The molecule has 0 aromatic heterocycles. The topological polar surface area (TPSA) is 64.4 Å². The number of benzene rings is 3. The first-order valence-electron chi connectivity index (χ1n) is 11.6. The zero-order valence-electron chi connectivity index (χ0n) is 18.1. The largest absolute Gasteiger partial charge is 0.489 e. The number of hydrogen-bond donors (Lipinski definition) is 1.